The van der Waals surface area contributed by atoms with Crippen LogP contribution in [0.15, 0.2) is 36.7 Å². The van der Waals surface area contributed by atoms with Crippen LogP contribution in [-0.4, -0.2) is 52.8 Å². The number of nitrogens with zero attached hydrogens (tertiary/aromatic N) is 3. The standard InChI is InChI=1S/C19H21N3O4S/c23-18(24)17-4-3-15(27-17)11-22(14-2-1-7-20-10-14)19(25)26-16-12-21-8-5-13(16)6-9-21/h1-4,7,10,13,16H,5-6,8-9,11-12H2,(H,23,24)/t16-/m0/s1. The van der Waals surface area contributed by atoms with Crippen molar-refractivity contribution in [3.05, 3.63) is 46.4 Å². The summed E-state index contributed by atoms with van der Waals surface area (Å²) in [5, 5.41) is 9.13. The molecule has 8 heteroatoms. The van der Waals surface area contributed by atoms with E-state index >= 15 is 0 Å². The minimum absolute atomic E-state index is 0.0860. The van der Waals surface area contributed by atoms with Crippen molar-refractivity contribution in [2.24, 2.45) is 5.92 Å². The number of amides is 1. The molecule has 3 fully saturated rings. The van der Waals surface area contributed by atoms with Crippen LogP contribution in [-0.2, 0) is 11.3 Å². The zero-order valence-electron chi connectivity index (χ0n) is 14.8. The first-order valence-electron chi connectivity index (χ1n) is 9.02. The first-order chi connectivity index (χ1) is 13.1. The number of thiophene rings is 1. The molecule has 2 bridgehead atoms. The highest BCUT2D eigenvalue weighted by Gasteiger charge is 2.37. The molecular weight excluding hydrogens is 366 g/mol. The van der Waals surface area contributed by atoms with Crippen molar-refractivity contribution in [3.8, 4) is 0 Å². The molecule has 1 N–H and O–H groups in total. The van der Waals surface area contributed by atoms with Crippen LogP contribution < -0.4 is 4.90 Å². The Hall–Kier alpha value is -2.45. The number of anilines is 1. The molecule has 0 aliphatic carbocycles. The number of rotatable bonds is 5. The Bertz CT molecular complexity index is 817. The lowest BCUT2D eigenvalue weighted by molar-refractivity contribution is -0.0311. The SMILES string of the molecule is O=C(O)c1ccc(CN(C(=O)O[C@H]2CN3CCC2CC3)c2cccnc2)s1. The van der Waals surface area contributed by atoms with Crippen LogP contribution in [0.3, 0.4) is 0 Å². The Morgan fingerprint density at radius 1 is 1.30 bits per heavy atom. The van der Waals surface area contributed by atoms with Crippen LogP contribution in [0.5, 0.6) is 0 Å². The fraction of sp³-hybridized carbons (Fsp3) is 0.421. The topological polar surface area (TPSA) is 83.0 Å². The Labute approximate surface area is 161 Å². The van der Waals surface area contributed by atoms with Gasteiger partial charge in [-0.1, -0.05) is 0 Å². The number of carbonyl (C=O) groups is 2. The number of ether oxygens (including phenoxy) is 1. The molecule has 1 amide bonds. The zero-order chi connectivity index (χ0) is 18.8. The highest BCUT2D eigenvalue weighted by atomic mass is 32.1. The predicted octanol–water partition coefficient (Wildman–Crippen LogP) is 3.08. The summed E-state index contributed by atoms with van der Waals surface area (Å²) in [7, 11) is 0. The number of fused-ring (bicyclic) bond motifs is 3. The number of carboxylic acids is 1. The molecule has 142 valence electrons. The van der Waals surface area contributed by atoms with Crippen LogP contribution in [0.2, 0.25) is 0 Å². The van der Waals surface area contributed by atoms with Gasteiger partial charge in [-0.2, -0.15) is 0 Å². The van der Waals surface area contributed by atoms with Gasteiger partial charge in [0.05, 0.1) is 18.4 Å². The summed E-state index contributed by atoms with van der Waals surface area (Å²) in [5.41, 5.74) is 0.633. The largest absolute Gasteiger partial charge is 0.477 e. The van der Waals surface area contributed by atoms with E-state index in [4.69, 9.17) is 9.84 Å². The molecule has 0 aromatic carbocycles. The van der Waals surface area contributed by atoms with Gasteiger partial charge in [0.2, 0.25) is 0 Å². The summed E-state index contributed by atoms with van der Waals surface area (Å²) in [6, 6.07) is 6.86. The van der Waals surface area contributed by atoms with Crippen molar-refractivity contribution in [3.63, 3.8) is 0 Å². The lowest BCUT2D eigenvalue weighted by atomic mass is 9.86. The lowest BCUT2D eigenvalue weighted by Gasteiger charge is -2.44. The van der Waals surface area contributed by atoms with Crippen molar-refractivity contribution in [1.82, 2.24) is 9.88 Å². The van der Waals surface area contributed by atoms with E-state index in [-0.39, 0.29) is 17.5 Å². The Morgan fingerprint density at radius 2 is 2.11 bits per heavy atom. The number of piperidine rings is 3. The minimum atomic E-state index is -0.964. The average Bonchev–Trinajstić information content (AvgIpc) is 3.17. The van der Waals surface area contributed by atoms with Gasteiger partial charge in [0.1, 0.15) is 11.0 Å². The molecule has 5 rings (SSSR count). The normalized spacial score (nSPS) is 23.8. The van der Waals surface area contributed by atoms with Gasteiger partial charge < -0.3 is 9.84 Å². The number of pyridine rings is 1. The summed E-state index contributed by atoms with van der Waals surface area (Å²) in [4.78, 5) is 33.1. The van der Waals surface area contributed by atoms with Crippen molar-refractivity contribution < 1.29 is 19.4 Å². The maximum absolute atomic E-state index is 13.0. The summed E-state index contributed by atoms with van der Waals surface area (Å²) in [6.45, 7) is 3.21. The Balaban J connectivity index is 1.52. The summed E-state index contributed by atoms with van der Waals surface area (Å²) < 4.78 is 5.87. The van der Waals surface area contributed by atoms with Crippen molar-refractivity contribution >= 4 is 29.1 Å². The zero-order valence-corrected chi connectivity index (χ0v) is 15.6. The molecule has 2 aromatic heterocycles. The number of carboxylic acid groups (broad SMARTS) is 1. The van der Waals surface area contributed by atoms with Gasteiger partial charge >= 0.3 is 12.1 Å². The molecule has 3 aliphatic heterocycles. The third-order valence-electron chi connectivity index (χ3n) is 5.21. The quantitative estimate of drug-likeness (QED) is 0.849. The van der Waals surface area contributed by atoms with Gasteiger partial charge in [0.15, 0.2) is 0 Å². The van der Waals surface area contributed by atoms with Crippen molar-refractivity contribution in [1.29, 1.82) is 0 Å². The van der Waals surface area contributed by atoms with Gasteiger partial charge in [-0.15, -0.1) is 11.3 Å². The molecule has 27 heavy (non-hydrogen) atoms. The molecule has 3 saturated heterocycles. The molecular formula is C19H21N3O4S. The molecule has 0 spiro atoms. The Morgan fingerprint density at radius 3 is 2.70 bits per heavy atom. The molecule has 0 unspecified atom stereocenters. The maximum Gasteiger partial charge on any atom is 0.415 e. The summed E-state index contributed by atoms with van der Waals surface area (Å²) in [6.07, 6.45) is 4.90. The van der Waals surface area contributed by atoms with Crippen LogP contribution in [0.25, 0.3) is 0 Å². The number of aromatic carboxylic acids is 1. The molecule has 7 nitrogen and oxygen atoms in total. The average molecular weight is 387 g/mol. The number of hydrogen-bond donors (Lipinski definition) is 1. The van der Waals surface area contributed by atoms with Gasteiger partial charge in [-0.25, -0.2) is 9.59 Å². The smallest absolute Gasteiger partial charge is 0.415 e. The van der Waals surface area contributed by atoms with Crippen molar-refractivity contribution in [2.75, 3.05) is 24.5 Å². The summed E-state index contributed by atoms with van der Waals surface area (Å²) in [5.74, 6) is -0.538. The van der Waals surface area contributed by atoms with Gasteiger partial charge in [-0.05, 0) is 56.1 Å². The molecule has 0 radical (unpaired) electrons. The van der Waals surface area contributed by atoms with E-state index in [0.29, 0.717) is 11.6 Å². The highest BCUT2D eigenvalue weighted by molar-refractivity contribution is 7.13. The minimum Gasteiger partial charge on any atom is -0.477 e. The maximum atomic E-state index is 13.0. The van der Waals surface area contributed by atoms with Crippen LogP contribution in [0.4, 0.5) is 10.5 Å². The second-order valence-electron chi connectivity index (χ2n) is 6.93. The second-order valence-corrected chi connectivity index (χ2v) is 8.10. The van der Waals surface area contributed by atoms with Gasteiger partial charge in [0.25, 0.3) is 0 Å². The molecule has 3 aliphatic rings. The highest BCUT2D eigenvalue weighted by Crippen LogP contribution is 2.31. The number of aromatic nitrogens is 1. The van der Waals surface area contributed by atoms with E-state index in [9.17, 15) is 9.59 Å². The van der Waals surface area contributed by atoms with Gasteiger partial charge in [-0.3, -0.25) is 14.8 Å². The van der Waals surface area contributed by atoms with E-state index in [1.54, 1.807) is 36.7 Å². The van der Waals surface area contributed by atoms with E-state index in [0.717, 1.165) is 48.7 Å². The van der Waals surface area contributed by atoms with E-state index in [1.165, 1.54) is 4.90 Å². The molecule has 1 atom stereocenters. The third kappa shape index (κ3) is 3.96. The fourth-order valence-electron chi connectivity index (χ4n) is 3.75. The monoisotopic (exact) mass is 387 g/mol. The molecule has 5 heterocycles. The van der Waals surface area contributed by atoms with E-state index in [1.807, 2.05) is 0 Å². The van der Waals surface area contributed by atoms with Gasteiger partial charge in [0, 0.05) is 17.6 Å². The van der Waals surface area contributed by atoms with Crippen molar-refractivity contribution in [2.45, 2.75) is 25.5 Å². The van der Waals surface area contributed by atoms with Crippen LogP contribution in [0.1, 0.15) is 27.4 Å². The predicted molar refractivity (Wildman–Crippen MR) is 101 cm³/mol. The van der Waals surface area contributed by atoms with E-state index in [2.05, 4.69) is 9.88 Å². The third-order valence-corrected chi connectivity index (χ3v) is 6.27. The first kappa shape index (κ1) is 17.9. The van der Waals surface area contributed by atoms with Crippen LogP contribution in [0, 0.1) is 5.92 Å². The van der Waals surface area contributed by atoms with Crippen LogP contribution >= 0.6 is 11.3 Å². The van der Waals surface area contributed by atoms with E-state index < -0.39 is 12.1 Å². The second kappa shape index (κ2) is 7.66. The summed E-state index contributed by atoms with van der Waals surface area (Å²) >= 11 is 1.16. The first-order valence-corrected chi connectivity index (χ1v) is 9.84. The number of carbonyl (C=O) groups excluding carboxylic acids is 1. The number of hydrogen-bond acceptors (Lipinski definition) is 6. The molecule has 0 saturated carbocycles. The fourth-order valence-corrected chi connectivity index (χ4v) is 4.58. The lowest BCUT2D eigenvalue weighted by Crippen LogP contribution is -2.53. The molecule has 2 aromatic rings. The Kier molecular flexibility index (Phi) is 5.09.